The molecule has 5 heteroatoms. The van der Waals surface area contributed by atoms with Gasteiger partial charge in [0.05, 0.1) is 0 Å². The van der Waals surface area contributed by atoms with Gasteiger partial charge in [0.25, 0.3) is 5.91 Å². The first-order valence-electron chi connectivity index (χ1n) is 6.58. The van der Waals surface area contributed by atoms with Gasteiger partial charge in [-0.3, -0.25) is 9.59 Å². The topological polar surface area (TPSA) is 64.6 Å². The highest BCUT2D eigenvalue weighted by molar-refractivity contribution is 5.91. The number of aldehydes is 1. The van der Waals surface area contributed by atoms with Crippen molar-refractivity contribution in [2.45, 2.75) is 25.6 Å². The summed E-state index contributed by atoms with van der Waals surface area (Å²) in [6, 6.07) is 6.91. The second kappa shape index (κ2) is 7.57. The van der Waals surface area contributed by atoms with E-state index in [9.17, 15) is 9.59 Å². The van der Waals surface area contributed by atoms with Crippen LogP contribution in [0.3, 0.4) is 0 Å². The molecule has 1 atom stereocenters. The van der Waals surface area contributed by atoms with Crippen LogP contribution in [0.25, 0.3) is 6.08 Å². The smallest absolute Gasteiger partial charge is 0.267 e. The Hall–Kier alpha value is -1.98. The van der Waals surface area contributed by atoms with Crippen LogP contribution in [-0.4, -0.2) is 25.1 Å². The van der Waals surface area contributed by atoms with Crippen molar-refractivity contribution in [3.63, 3.8) is 0 Å². The molecule has 1 aliphatic rings. The maximum Gasteiger partial charge on any atom is 0.267 e. The van der Waals surface area contributed by atoms with E-state index in [1.807, 2.05) is 0 Å². The number of rotatable bonds is 5. The second-order valence-corrected chi connectivity index (χ2v) is 4.50. The Morgan fingerprint density at radius 2 is 2.00 bits per heavy atom. The Labute approximate surface area is 117 Å². The van der Waals surface area contributed by atoms with E-state index in [-0.39, 0.29) is 12.2 Å². The van der Waals surface area contributed by atoms with E-state index >= 15 is 0 Å². The van der Waals surface area contributed by atoms with Crippen molar-refractivity contribution < 1.29 is 19.2 Å². The Morgan fingerprint density at radius 3 is 2.65 bits per heavy atom. The fourth-order valence-corrected chi connectivity index (χ4v) is 1.82. The maximum atomic E-state index is 11.5. The van der Waals surface area contributed by atoms with Crippen molar-refractivity contribution in [2.75, 3.05) is 6.61 Å². The van der Waals surface area contributed by atoms with Crippen molar-refractivity contribution in [3.05, 3.63) is 41.5 Å². The summed E-state index contributed by atoms with van der Waals surface area (Å²) < 4.78 is 5.32. The third-order valence-electron chi connectivity index (χ3n) is 2.93. The molecule has 1 unspecified atom stereocenters. The molecule has 1 N–H and O–H groups in total. The Bertz CT molecular complexity index is 475. The van der Waals surface area contributed by atoms with Gasteiger partial charge in [-0.25, -0.2) is 10.3 Å². The van der Waals surface area contributed by atoms with Gasteiger partial charge < -0.3 is 4.74 Å². The zero-order chi connectivity index (χ0) is 14.2. The highest BCUT2D eigenvalue weighted by atomic mass is 16.8. The molecule has 2 rings (SSSR count). The largest absolute Gasteiger partial charge is 0.350 e. The highest BCUT2D eigenvalue weighted by Gasteiger charge is 2.14. The summed E-state index contributed by atoms with van der Waals surface area (Å²) in [5.74, 6) is -0.348. The van der Waals surface area contributed by atoms with Crippen molar-refractivity contribution in [1.29, 1.82) is 0 Å². The first-order valence-corrected chi connectivity index (χ1v) is 6.58. The predicted octanol–water partition coefficient (Wildman–Crippen LogP) is 2.09. The molecule has 1 fully saturated rings. The molecule has 0 spiro atoms. The van der Waals surface area contributed by atoms with Gasteiger partial charge in [0.15, 0.2) is 6.29 Å². The number of hydrogen-bond donors (Lipinski definition) is 1. The van der Waals surface area contributed by atoms with Crippen molar-refractivity contribution in [1.82, 2.24) is 5.48 Å². The number of carbonyl (C=O) groups is 2. The molecular formula is C15H17NO4. The molecule has 0 radical (unpaired) electrons. The molecule has 0 aliphatic carbocycles. The number of amides is 1. The van der Waals surface area contributed by atoms with E-state index in [1.165, 1.54) is 6.08 Å². The van der Waals surface area contributed by atoms with E-state index in [4.69, 9.17) is 9.57 Å². The van der Waals surface area contributed by atoms with Crippen LogP contribution in [0.4, 0.5) is 0 Å². The standard InChI is InChI=1S/C15H17NO4/c17-11-13-6-4-12(5-7-13)8-9-14(18)16-20-15-3-1-2-10-19-15/h4-9,11,15H,1-3,10H2,(H,16,18)/b9-8+. The minimum absolute atomic E-state index is 0.348. The fraction of sp³-hybridized carbons (Fsp3) is 0.333. The SMILES string of the molecule is O=Cc1ccc(/C=C/C(=O)NOC2CCCCO2)cc1. The molecule has 106 valence electrons. The van der Waals surface area contributed by atoms with Gasteiger partial charge in [0, 0.05) is 24.7 Å². The van der Waals surface area contributed by atoms with Crippen LogP contribution in [0.2, 0.25) is 0 Å². The van der Waals surface area contributed by atoms with Crippen LogP contribution in [-0.2, 0) is 14.4 Å². The molecule has 1 aromatic carbocycles. The number of ether oxygens (including phenoxy) is 1. The predicted molar refractivity (Wildman–Crippen MR) is 73.7 cm³/mol. The molecule has 0 aromatic heterocycles. The number of carbonyl (C=O) groups excluding carboxylic acids is 2. The molecular weight excluding hydrogens is 258 g/mol. The lowest BCUT2D eigenvalue weighted by molar-refractivity contribution is -0.198. The molecule has 1 aliphatic heterocycles. The lowest BCUT2D eigenvalue weighted by Crippen LogP contribution is -2.32. The summed E-state index contributed by atoms with van der Waals surface area (Å²) in [5, 5.41) is 0. The molecule has 5 nitrogen and oxygen atoms in total. The molecule has 20 heavy (non-hydrogen) atoms. The molecule has 0 bridgehead atoms. The fourth-order valence-electron chi connectivity index (χ4n) is 1.82. The van der Waals surface area contributed by atoms with E-state index in [0.717, 1.165) is 31.1 Å². The third kappa shape index (κ3) is 4.60. The molecule has 1 aromatic rings. The molecule has 1 saturated heterocycles. The second-order valence-electron chi connectivity index (χ2n) is 4.50. The van der Waals surface area contributed by atoms with Crippen molar-refractivity contribution >= 4 is 18.3 Å². The molecule has 1 heterocycles. The molecule has 0 saturated carbocycles. The maximum absolute atomic E-state index is 11.5. The Kier molecular flexibility index (Phi) is 5.46. The third-order valence-corrected chi connectivity index (χ3v) is 2.93. The summed E-state index contributed by atoms with van der Waals surface area (Å²) in [6.45, 7) is 0.666. The van der Waals surface area contributed by atoms with Crippen LogP contribution >= 0.6 is 0 Å². The summed E-state index contributed by atoms with van der Waals surface area (Å²) in [6.07, 6.45) is 6.31. The van der Waals surface area contributed by atoms with Crippen LogP contribution in [0, 0.1) is 0 Å². The zero-order valence-electron chi connectivity index (χ0n) is 11.1. The van der Waals surface area contributed by atoms with E-state index in [1.54, 1.807) is 30.3 Å². The van der Waals surface area contributed by atoms with Crippen LogP contribution in [0.5, 0.6) is 0 Å². The summed E-state index contributed by atoms with van der Waals surface area (Å²) >= 11 is 0. The van der Waals surface area contributed by atoms with Crippen LogP contribution in [0.1, 0.15) is 35.2 Å². The van der Waals surface area contributed by atoms with E-state index in [2.05, 4.69) is 5.48 Å². The quantitative estimate of drug-likeness (QED) is 0.507. The van der Waals surface area contributed by atoms with Gasteiger partial charge in [-0.1, -0.05) is 24.3 Å². The molecule has 1 amide bonds. The number of hydrogen-bond acceptors (Lipinski definition) is 4. The van der Waals surface area contributed by atoms with Gasteiger partial charge in [-0.05, 0) is 24.5 Å². The van der Waals surface area contributed by atoms with Gasteiger partial charge in [0.1, 0.15) is 6.29 Å². The first-order chi connectivity index (χ1) is 9.78. The summed E-state index contributed by atoms with van der Waals surface area (Å²) in [5.41, 5.74) is 3.77. The summed E-state index contributed by atoms with van der Waals surface area (Å²) in [7, 11) is 0. The highest BCUT2D eigenvalue weighted by Crippen LogP contribution is 2.12. The van der Waals surface area contributed by atoms with Gasteiger partial charge >= 0.3 is 0 Å². The monoisotopic (exact) mass is 275 g/mol. The van der Waals surface area contributed by atoms with E-state index in [0.29, 0.717) is 12.2 Å². The lowest BCUT2D eigenvalue weighted by Gasteiger charge is -2.21. The summed E-state index contributed by atoms with van der Waals surface area (Å²) in [4.78, 5) is 27.2. The minimum Gasteiger partial charge on any atom is -0.350 e. The van der Waals surface area contributed by atoms with Crippen LogP contribution in [0.15, 0.2) is 30.3 Å². The number of hydroxylamine groups is 1. The Morgan fingerprint density at radius 1 is 1.25 bits per heavy atom. The van der Waals surface area contributed by atoms with Gasteiger partial charge in [-0.15, -0.1) is 0 Å². The van der Waals surface area contributed by atoms with Gasteiger partial charge in [-0.2, -0.15) is 0 Å². The lowest BCUT2D eigenvalue weighted by atomic mass is 10.1. The average Bonchev–Trinajstić information content (AvgIpc) is 2.52. The average molecular weight is 275 g/mol. The van der Waals surface area contributed by atoms with Crippen LogP contribution < -0.4 is 5.48 Å². The zero-order valence-corrected chi connectivity index (χ0v) is 11.1. The normalized spacial score (nSPS) is 18.9. The minimum atomic E-state index is -0.354. The van der Waals surface area contributed by atoms with Crippen molar-refractivity contribution in [3.8, 4) is 0 Å². The number of benzene rings is 1. The first kappa shape index (κ1) is 14.4. The van der Waals surface area contributed by atoms with E-state index < -0.39 is 0 Å². The Balaban J connectivity index is 1.77. The van der Waals surface area contributed by atoms with Crippen molar-refractivity contribution in [2.24, 2.45) is 0 Å². The van der Waals surface area contributed by atoms with Gasteiger partial charge in [0.2, 0.25) is 0 Å². The number of nitrogens with one attached hydrogen (secondary N) is 1.